The molecule has 2 aromatic heterocycles. The monoisotopic (exact) mass is 273 g/mol. The third-order valence-electron chi connectivity index (χ3n) is 3.74. The number of carbonyl (C=O) groups excluding carboxylic acids is 1. The van der Waals surface area contributed by atoms with Crippen LogP contribution < -0.4 is 5.32 Å². The molecule has 1 aliphatic rings. The number of aromatic nitrogens is 3. The van der Waals surface area contributed by atoms with Crippen LogP contribution in [0, 0.1) is 0 Å². The van der Waals surface area contributed by atoms with E-state index in [1.54, 1.807) is 11.1 Å². The van der Waals surface area contributed by atoms with Crippen molar-refractivity contribution in [2.45, 2.75) is 32.2 Å². The summed E-state index contributed by atoms with van der Waals surface area (Å²) >= 11 is 0. The lowest BCUT2D eigenvalue weighted by Crippen LogP contribution is -2.31. The smallest absolute Gasteiger partial charge is 0.244 e. The molecule has 3 heterocycles. The summed E-state index contributed by atoms with van der Waals surface area (Å²) < 4.78 is 1.81. The standard InChI is InChI=1S/C14H19N5O/c1-9(2)11-8-12-13(15-5-7-19(12)17-11)16-10-4-6-18(3)14(10)20/h5,7-10H,4,6H2,1-3H3,(H,15,16). The summed E-state index contributed by atoms with van der Waals surface area (Å²) in [5.41, 5.74) is 1.94. The Bertz CT molecular complexity index is 648. The zero-order valence-corrected chi connectivity index (χ0v) is 12.0. The molecule has 1 fully saturated rings. The Hall–Kier alpha value is -2.11. The number of carbonyl (C=O) groups is 1. The van der Waals surface area contributed by atoms with E-state index in [2.05, 4.69) is 29.2 Å². The molecule has 1 N–H and O–H groups in total. The molecule has 1 aliphatic heterocycles. The van der Waals surface area contributed by atoms with Gasteiger partial charge in [-0.3, -0.25) is 4.79 Å². The molecule has 1 atom stereocenters. The van der Waals surface area contributed by atoms with Gasteiger partial charge >= 0.3 is 0 Å². The van der Waals surface area contributed by atoms with Crippen LogP contribution >= 0.6 is 0 Å². The molecule has 1 amide bonds. The lowest BCUT2D eigenvalue weighted by atomic mass is 10.1. The Morgan fingerprint density at radius 1 is 1.45 bits per heavy atom. The van der Waals surface area contributed by atoms with E-state index in [0.717, 1.165) is 30.0 Å². The fourth-order valence-electron chi connectivity index (χ4n) is 2.46. The fourth-order valence-corrected chi connectivity index (χ4v) is 2.46. The van der Waals surface area contributed by atoms with Crippen molar-refractivity contribution in [3.63, 3.8) is 0 Å². The average molecular weight is 273 g/mol. The van der Waals surface area contributed by atoms with Crippen molar-refractivity contribution >= 4 is 17.2 Å². The minimum Gasteiger partial charge on any atom is -0.357 e. The summed E-state index contributed by atoms with van der Waals surface area (Å²) in [6.45, 7) is 5.01. The van der Waals surface area contributed by atoms with Gasteiger partial charge in [-0.05, 0) is 18.4 Å². The van der Waals surface area contributed by atoms with Gasteiger partial charge < -0.3 is 10.2 Å². The molecule has 2 aromatic rings. The van der Waals surface area contributed by atoms with Gasteiger partial charge in [0.05, 0.1) is 5.69 Å². The van der Waals surface area contributed by atoms with Crippen molar-refractivity contribution < 1.29 is 4.79 Å². The number of hydrogen-bond donors (Lipinski definition) is 1. The van der Waals surface area contributed by atoms with Crippen molar-refractivity contribution in [3.8, 4) is 0 Å². The molecule has 3 rings (SSSR count). The number of nitrogens with zero attached hydrogens (tertiary/aromatic N) is 4. The second kappa shape index (κ2) is 4.77. The molecule has 6 heteroatoms. The van der Waals surface area contributed by atoms with Crippen molar-refractivity contribution in [1.82, 2.24) is 19.5 Å². The number of likely N-dealkylation sites (tertiary alicyclic amines) is 1. The Morgan fingerprint density at radius 2 is 2.25 bits per heavy atom. The zero-order valence-electron chi connectivity index (χ0n) is 12.0. The predicted octanol–water partition coefficient (Wildman–Crippen LogP) is 1.50. The second-order valence-corrected chi connectivity index (χ2v) is 5.57. The minimum absolute atomic E-state index is 0.123. The number of fused-ring (bicyclic) bond motifs is 1. The van der Waals surface area contributed by atoms with Crippen LogP contribution in [0.15, 0.2) is 18.5 Å². The molecule has 6 nitrogen and oxygen atoms in total. The maximum absolute atomic E-state index is 12.0. The molecule has 0 radical (unpaired) electrons. The molecule has 106 valence electrons. The van der Waals surface area contributed by atoms with E-state index >= 15 is 0 Å². The van der Waals surface area contributed by atoms with Gasteiger partial charge in [-0.25, -0.2) is 9.50 Å². The second-order valence-electron chi connectivity index (χ2n) is 5.57. The zero-order chi connectivity index (χ0) is 14.3. The predicted molar refractivity (Wildman–Crippen MR) is 76.7 cm³/mol. The number of anilines is 1. The molecule has 1 unspecified atom stereocenters. The molecule has 0 aliphatic carbocycles. The molecule has 0 bridgehead atoms. The van der Waals surface area contributed by atoms with E-state index in [0.29, 0.717) is 5.92 Å². The first-order chi connectivity index (χ1) is 9.56. The van der Waals surface area contributed by atoms with Crippen LogP contribution in [0.4, 0.5) is 5.82 Å². The number of rotatable bonds is 3. The first kappa shape index (κ1) is 12.9. The molecule has 1 saturated heterocycles. The van der Waals surface area contributed by atoms with Crippen LogP contribution in [-0.4, -0.2) is 45.0 Å². The fraction of sp³-hybridized carbons (Fsp3) is 0.500. The van der Waals surface area contributed by atoms with Gasteiger partial charge in [0.15, 0.2) is 5.82 Å². The van der Waals surface area contributed by atoms with Crippen LogP contribution in [0.25, 0.3) is 5.52 Å². The quantitative estimate of drug-likeness (QED) is 0.920. The summed E-state index contributed by atoms with van der Waals surface area (Å²) in [7, 11) is 1.83. The van der Waals surface area contributed by atoms with Crippen molar-refractivity contribution in [1.29, 1.82) is 0 Å². The van der Waals surface area contributed by atoms with E-state index < -0.39 is 0 Å². The van der Waals surface area contributed by atoms with Gasteiger partial charge in [0.1, 0.15) is 11.6 Å². The first-order valence-electron chi connectivity index (χ1n) is 6.92. The highest BCUT2D eigenvalue weighted by Crippen LogP contribution is 2.22. The normalized spacial score (nSPS) is 19.3. The summed E-state index contributed by atoms with van der Waals surface area (Å²) in [6.07, 6.45) is 4.34. The lowest BCUT2D eigenvalue weighted by molar-refractivity contribution is -0.127. The number of amides is 1. The van der Waals surface area contributed by atoms with Gasteiger partial charge in [0.25, 0.3) is 0 Å². The van der Waals surface area contributed by atoms with Crippen molar-refractivity contribution in [2.24, 2.45) is 0 Å². The van der Waals surface area contributed by atoms with E-state index in [-0.39, 0.29) is 11.9 Å². The third kappa shape index (κ3) is 2.11. The maximum atomic E-state index is 12.0. The summed E-state index contributed by atoms with van der Waals surface area (Å²) in [5, 5.41) is 7.78. The van der Waals surface area contributed by atoms with E-state index in [4.69, 9.17) is 0 Å². The Labute approximate surface area is 117 Å². The van der Waals surface area contributed by atoms with E-state index in [1.165, 1.54) is 0 Å². The molecular formula is C14H19N5O. The van der Waals surface area contributed by atoms with Gasteiger partial charge in [0, 0.05) is 26.0 Å². The molecule has 0 aromatic carbocycles. The van der Waals surface area contributed by atoms with E-state index in [1.807, 2.05) is 23.8 Å². The maximum Gasteiger partial charge on any atom is 0.244 e. The largest absolute Gasteiger partial charge is 0.357 e. The van der Waals surface area contributed by atoms with Gasteiger partial charge in [-0.2, -0.15) is 5.10 Å². The summed E-state index contributed by atoms with van der Waals surface area (Å²) in [5.74, 6) is 1.21. The van der Waals surface area contributed by atoms with Crippen LogP contribution in [0.1, 0.15) is 31.9 Å². The first-order valence-corrected chi connectivity index (χ1v) is 6.92. The van der Waals surface area contributed by atoms with Gasteiger partial charge in [-0.15, -0.1) is 0 Å². The third-order valence-corrected chi connectivity index (χ3v) is 3.74. The summed E-state index contributed by atoms with van der Waals surface area (Å²) in [6, 6.07) is 1.85. The van der Waals surface area contributed by atoms with Crippen LogP contribution in [0.2, 0.25) is 0 Å². The molecular weight excluding hydrogens is 254 g/mol. The van der Waals surface area contributed by atoms with Crippen LogP contribution in [0.3, 0.4) is 0 Å². The Kier molecular flexibility index (Phi) is 3.08. The molecule has 20 heavy (non-hydrogen) atoms. The minimum atomic E-state index is -0.184. The number of likely N-dealkylation sites (N-methyl/N-ethyl adjacent to an activating group) is 1. The highest BCUT2D eigenvalue weighted by molar-refractivity contribution is 5.87. The molecule has 0 spiro atoms. The highest BCUT2D eigenvalue weighted by atomic mass is 16.2. The lowest BCUT2D eigenvalue weighted by Gasteiger charge is -2.13. The van der Waals surface area contributed by atoms with Crippen LogP contribution in [0.5, 0.6) is 0 Å². The molecule has 0 saturated carbocycles. The Morgan fingerprint density at radius 3 is 2.90 bits per heavy atom. The number of hydrogen-bond acceptors (Lipinski definition) is 4. The topological polar surface area (TPSA) is 62.5 Å². The summed E-state index contributed by atoms with van der Waals surface area (Å²) in [4.78, 5) is 18.1. The van der Waals surface area contributed by atoms with Crippen molar-refractivity contribution in [2.75, 3.05) is 18.9 Å². The van der Waals surface area contributed by atoms with Crippen molar-refractivity contribution in [3.05, 3.63) is 24.2 Å². The Balaban J connectivity index is 1.93. The van der Waals surface area contributed by atoms with Crippen LogP contribution in [-0.2, 0) is 4.79 Å². The number of nitrogens with one attached hydrogen (secondary N) is 1. The van der Waals surface area contributed by atoms with Gasteiger partial charge in [0.2, 0.25) is 5.91 Å². The highest BCUT2D eigenvalue weighted by Gasteiger charge is 2.29. The average Bonchev–Trinajstić information content (AvgIpc) is 2.98. The van der Waals surface area contributed by atoms with Gasteiger partial charge in [-0.1, -0.05) is 13.8 Å². The SMILES string of the molecule is CC(C)c1cc2c(NC3CCN(C)C3=O)nccn2n1. The van der Waals surface area contributed by atoms with E-state index in [9.17, 15) is 4.79 Å².